The number of sulfonamides is 1. The Hall–Kier alpha value is -1.07. The molecule has 0 aromatic carbocycles. The van der Waals surface area contributed by atoms with E-state index in [0.29, 0.717) is 17.8 Å². The predicted molar refractivity (Wildman–Crippen MR) is 77.0 cm³/mol. The number of nitrogens with zero attached hydrogens (tertiary/aromatic N) is 2. The van der Waals surface area contributed by atoms with Crippen molar-refractivity contribution < 1.29 is 13.3 Å². The summed E-state index contributed by atoms with van der Waals surface area (Å²) in [6.45, 7) is 0.166. The summed E-state index contributed by atoms with van der Waals surface area (Å²) in [5, 5.41) is 13.2. The van der Waals surface area contributed by atoms with E-state index >= 15 is 0 Å². The van der Waals surface area contributed by atoms with Gasteiger partial charge in [0, 0.05) is 30.6 Å². The molecule has 0 radical (unpaired) electrons. The van der Waals surface area contributed by atoms with Crippen LogP contribution in [0.15, 0.2) is 21.9 Å². The zero-order valence-electron chi connectivity index (χ0n) is 9.78. The number of aromatic nitrogens is 1. The molecule has 2 rings (SSSR count). The van der Waals surface area contributed by atoms with Crippen molar-refractivity contribution in [3.8, 4) is 0 Å². The summed E-state index contributed by atoms with van der Waals surface area (Å²) in [4.78, 5) is 13.9. The van der Waals surface area contributed by atoms with Gasteiger partial charge in [0.15, 0.2) is 4.34 Å². The van der Waals surface area contributed by atoms with Crippen LogP contribution in [0.3, 0.4) is 0 Å². The first kappa shape index (κ1) is 15.3. The van der Waals surface area contributed by atoms with Crippen LogP contribution in [0.5, 0.6) is 0 Å². The molecule has 2 aromatic rings. The number of thiazole rings is 1. The molecule has 0 fully saturated rings. The largest absolute Gasteiger partial charge is 0.300 e. The molecule has 11 heteroatoms. The molecule has 0 bridgehead atoms. The number of hydrogen-bond donors (Lipinski definition) is 1. The van der Waals surface area contributed by atoms with Crippen LogP contribution in [0.1, 0.15) is 5.01 Å². The lowest BCUT2D eigenvalue weighted by molar-refractivity contribution is -0.384. The summed E-state index contributed by atoms with van der Waals surface area (Å²) in [6.07, 6.45) is 2.09. The Bertz CT molecular complexity index is 711. The molecule has 0 saturated heterocycles. The highest BCUT2D eigenvalue weighted by Crippen LogP contribution is 2.36. The van der Waals surface area contributed by atoms with Gasteiger partial charge in [-0.25, -0.2) is 18.1 Å². The fourth-order valence-corrected chi connectivity index (χ4v) is 4.70. The second-order valence-electron chi connectivity index (χ2n) is 3.56. The summed E-state index contributed by atoms with van der Waals surface area (Å²) in [6, 6.07) is 0.957. The molecule has 2 heterocycles. The first-order valence-electron chi connectivity index (χ1n) is 5.22. The van der Waals surface area contributed by atoms with Crippen molar-refractivity contribution in [3.63, 3.8) is 0 Å². The minimum Gasteiger partial charge on any atom is -0.258 e. The van der Waals surface area contributed by atoms with E-state index in [4.69, 9.17) is 11.6 Å². The number of rotatable bonds is 6. The van der Waals surface area contributed by atoms with Crippen molar-refractivity contribution in [3.05, 3.63) is 37.1 Å². The SMILES string of the molecule is O=[N+]([O-])c1cc(S(=O)(=O)NCCc2nccs2)sc1Cl. The third-order valence-electron chi connectivity index (χ3n) is 2.22. The summed E-state index contributed by atoms with van der Waals surface area (Å²) >= 11 is 7.72. The van der Waals surface area contributed by atoms with Crippen LogP contribution in [0.2, 0.25) is 4.34 Å². The average molecular weight is 354 g/mol. The van der Waals surface area contributed by atoms with E-state index in [1.807, 2.05) is 0 Å². The van der Waals surface area contributed by atoms with Gasteiger partial charge in [-0.15, -0.1) is 22.7 Å². The van der Waals surface area contributed by atoms with Gasteiger partial charge in [0.1, 0.15) is 4.21 Å². The maximum atomic E-state index is 11.9. The average Bonchev–Trinajstić information content (AvgIpc) is 2.98. The molecule has 20 heavy (non-hydrogen) atoms. The van der Waals surface area contributed by atoms with E-state index in [9.17, 15) is 18.5 Å². The summed E-state index contributed by atoms with van der Waals surface area (Å²) < 4.78 is 25.9. The van der Waals surface area contributed by atoms with E-state index in [1.54, 1.807) is 11.6 Å². The number of halogens is 1. The van der Waals surface area contributed by atoms with Crippen LogP contribution in [0.25, 0.3) is 0 Å². The van der Waals surface area contributed by atoms with Gasteiger partial charge >= 0.3 is 0 Å². The maximum Gasteiger partial charge on any atom is 0.300 e. The monoisotopic (exact) mass is 353 g/mol. The van der Waals surface area contributed by atoms with E-state index in [1.165, 1.54) is 11.3 Å². The lowest BCUT2D eigenvalue weighted by atomic mass is 10.5. The molecule has 7 nitrogen and oxygen atoms in total. The standard InChI is InChI=1S/C9H8ClN3O4S3/c10-9-6(13(14)15)5-8(19-9)20(16,17)12-2-1-7-11-3-4-18-7/h3-5,12H,1-2H2. The molecule has 0 aliphatic carbocycles. The van der Waals surface area contributed by atoms with Gasteiger partial charge in [-0.05, 0) is 0 Å². The van der Waals surface area contributed by atoms with Gasteiger partial charge in [-0.3, -0.25) is 10.1 Å². The Balaban J connectivity index is 2.06. The number of hydrogen-bond acceptors (Lipinski definition) is 7. The van der Waals surface area contributed by atoms with Gasteiger partial charge in [-0.1, -0.05) is 11.6 Å². The van der Waals surface area contributed by atoms with Gasteiger partial charge in [0.25, 0.3) is 5.69 Å². The molecule has 0 aliphatic heterocycles. The fourth-order valence-electron chi connectivity index (χ4n) is 1.34. The smallest absolute Gasteiger partial charge is 0.258 e. The van der Waals surface area contributed by atoms with Crippen molar-refractivity contribution in [1.82, 2.24) is 9.71 Å². The molecule has 0 atom stereocenters. The number of nitrogens with one attached hydrogen (secondary N) is 1. The Labute approximate surface area is 127 Å². The van der Waals surface area contributed by atoms with Gasteiger partial charge < -0.3 is 0 Å². The highest BCUT2D eigenvalue weighted by atomic mass is 35.5. The molecular formula is C9H8ClN3O4S3. The fraction of sp³-hybridized carbons (Fsp3) is 0.222. The van der Waals surface area contributed by atoms with E-state index in [0.717, 1.165) is 11.1 Å². The number of thiophene rings is 1. The maximum absolute atomic E-state index is 11.9. The van der Waals surface area contributed by atoms with E-state index in [2.05, 4.69) is 9.71 Å². The first-order valence-corrected chi connectivity index (χ1v) is 8.77. The van der Waals surface area contributed by atoms with Gasteiger partial charge in [-0.2, -0.15) is 0 Å². The molecular weight excluding hydrogens is 346 g/mol. The van der Waals surface area contributed by atoms with E-state index in [-0.39, 0.29) is 15.1 Å². The second-order valence-corrected chi connectivity index (χ2v) is 8.18. The normalized spacial score (nSPS) is 11.7. The van der Waals surface area contributed by atoms with E-state index < -0.39 is 20.6 Å². The van der Waals surface area contributed by atoms with Crippen LogP contribution in [-0.2, 0) is 16.4 Å². The third kappa shape index (κ3) is 3.52. The highest BCUT2D eigenvalue weighted by Gasteiger charge is 2.24. The topological polar surface area (TPSA) is 102 Å². The third-order valence-corrected chi connectivity index (χ3v) is 6.33. The Morgan fingerprint density at radius 3 is 2.80 bits per heavy atom. The van der Waals surface area contributed by atoms with Crippen LogP contribution >= 0.6 is 34.3 Å². The van der Waals surface area contributed by atoms with Crippen LogP contribution in [0, 0.1) is 10.1 Å². The first-order chi connectivity index (χ1) is 9.40. The highest BCUT2D eigenvalue weighted by molar-refractivity contribution is 7.91. The molecule has 1 N–H and O–H groups in total. The minimum absolute atomic E-state index is 0.157. The van der Waals surface area contributed by atoms with Crippen molar-refractivity contribution >= 4 is 50.0 Å². The Morgan fingerprint density at radius 1 is 1.50 bits per heavy atom. The zero-order valence-corrected chi connectivity index (χ0v) is 13.0. The summed E-state index contributed by atoms with van der Waals surface area (Å²) in [5.74, 6) is 0. The molecule has 0 spiro atoms. The second kappa shape index (κ2) is 6.14. The molecule has 0 aliphatic rings. The van der Waals surface area contributed by atoms with Gasteiger partial charge in [0.05, 0.1) is 9.93 Å². The van der Waals surface area contributed by atoms with Crippen molar-refractivity contribution in [2.45, 2.75) is 10.6 Å². The molecule has 0 unspecified atom stereocenters. The lowest BCUT2D eigenvalue weighted by Crippen LogP contribution is -2.25. The Kier molecular flexibility index (Phi) is 4.70. The minimum atomic E-state index is -3.79. The van der Waals surface area contributed by atoms with Crippen molar-refractivity contribution in [2.24, 2.45) is 0 Å². The summed E-state index contributed by atoms with van der Waals surface area (Å²) in [7, 11) is -3.79. The van der Waals surface area contributed by atoms with Crippen molar-refractivity contribution in [1.29, 1.82) is 0 Å². The lowest BCUT2D eigenvalue weighted by Gasteiger charge is -2.02. The number of nitro groups is 1. The zero-order chi connectivity index (χ0) is 14.8. The van der Waals surface area contributed by atoms with Gasteiger partial charge in [0.2, 0.25) is 10.0 Å². The summed E-state index contributed by atoms with van der Waals surface area (Å²) in [5.41, 5.74) is -0.406. The van der Waals surface area contributed by atoms with Crippen LogP contribution in [0.4, 0.5) is 5.69 Å². The van der Waals surface area contributed by atoms with Crippen LogP contribution in [-0.4, -0.2) is 24.9 Å². The predicted octanol–water partition coefficient (Wildman–Crippen LogP) is 2.29. The molecule has 108 valence electrons. The van der Waals surface area contributed by atoms with Crippen molar-refractivity contribution in [2.75, 3.05) is 6.54 Å². The van der Waals surface area contributed by atoms with Crippen LogP contribution < -0.4 is 4.72 Å². The molecule has 0 amide bonds. The quantitative estimate of drug-likeness (QED) is 0.634. The Morgan fingerprint density at radius 2 is 2.25 bits per heavy atom. The molecule has 0 saturated carbocycles. The molecule has 2 aromatic heterocycles.